The minimum Gasteiger partial charge on any atom is -0.493 e. The van der Waals surface area contributed by atoms with Crippen LogP contribution in [0.1, 0.15) is 16.7 Å². The number of amides is 1. The van der Waals surface area contributed by atoms with Crippen molar-refractivity contribution < 1.29 is 23.7 Å². The molecule has 0 atom stereocenters. The molecule has 11 heteroatoms. The molecule has 1 fully saturated rings. The molecule has 2 aromatic heterocycles. The Labute approximate surface area is 232 Å². The van der Waals surface area contributed by atoms with Gasteiger partial charge >= 0.3 is 0 Å². The van der Waals surface area contributed by atoms with Crippen LogP contribution in [0.5, 0.6) is 28.9 Å². The van der Waals surface area contributed by atoms with Gasteiger partial charge in [-0.05, 0) is 54.5 Å². The highest BCUT2D eigenvalue weighted by Gasteiger charge is 2.33. The number of carbonyl (C=O) groups is 1. The second-order valence-electron chi connectivity index (χ2n) is 8.73. The number of nitrogens with zero attached hydrogens (tertiary/aromatic N) is 3. The monoisotopic (exact) mass is 559 g/mol. The Balaban J connectivity index is 1.40. The van der Waals surface area contributed by atoms with E-state index in [9.17, 15) is 9.59 Å². The number of hydrogen-bond acceptors (Lipinski definition) is 9. The molecule has 1 amide bonds. The zero-order valence-electron chi connectivity index (χ0n) is 20.9. The molecule has 9 nitrogen and oxygen atoms in total. The van der Waals surface area contributed by atoms with Gasteiger partial charge in [0.1, 0.15) is 15.5 Å². The van der Waals surface area contributed by atoms with Crippen molar-refractivity contribution in [1.29, 1.82) is 0 Å². The number of methoxy groups -OCH3 is 1. The number of fused-ring (bicyclic) bond motifs is 2. The molecule has 39 heavy (non-hydrogen) atoms. The van der Waals surface area contributed by atoms with Crippen molar-refractivity contribution in [3.8, 4) is 28.9 Å². The van der Waals surface area contributed by atoms with Crippen molar-refractivity contribution >= 4 is 45.9 Å². The van der Waals surface area contributed by atoms with Crippen LogP contribution in [0.3, 0.4) is 0 Å². The van der Waals surface area contributed by atoms with Gasteiger partial charge in [-0.2, -0.15) is 4.98 Å². The first-order valence-electron chi connectivity index (χ1n) is 11.9. The number of thiocarbonyl (C=S) groups is 1. The van der Waals surface area contributed by atoms with Crippen LogP contribution >= 0.6 is 24.0 Å². The maximum absolute atomic E-state index is 13.7. The van der Waals surface area contributed by atoms with E-state index in [0.717, 1.165) is 22.9 Å². The lowest BCUT2D eigenvalue weighted by Crippen LogP contribution is -2.27. The highest BCUT2D eigenvalue weighted by atomic mass is 32.2. The SMILES string of the molecule is COc1ccccc1Oc1nc2c(C)cccn2c(=O)c1/C=C1/SC(=S)N(Cc2ccc3c(c2)OCO3)C1=O. The van der Waals surface area contributed by atoms with Crippen LogP contribution in [0.4, 0.5) is 0 Å². The number of aromatic nitrogens is 2. The molecule has 1 saturated heterocycles. The molecule has 0 N–H and O–H groups in total. The van der Waals surface area contributed by atoms with Crippen LogP contribution in [0.15, 0.2) is 70.5 Å². The summed E-state index contributed by atoms with van der Waals surface area (Å²) in [6.07, 6.45) is 3.13. The first-order valence-corrected chi connectivity index (χ1v) is 13.1. The van der Waals surface area contributed by atoms with E-state index in [-0.39, 0.29) is 41.2 Å². The number of pyridine rings is 1. The van der Waals surface area contributed by atoms with Gasteiger partial charge in [0.05, 0.1) is 18.6 Å². The predicted octanol–water partition coefficient (Wildman–Crippen LogP) is 4.93. The van der Waals surface area contributed by atoms with Gasteiger partial charge in [0.15, 0.2) is 23.0 Å². The molecular formula is C28H21N3O6S2. The Morgan fingerprint density at radius 3 is 2.69 bits per heavy atom. The average molecular weight is 560 g/mol. The van der Waals surface area contributed by atoms with Gasteiger partial charge in [-0.1, -0.05) is 48.2 Å². The summed E-state index contributed by atoms with van der Waals surface area (Å²) in [7, 11) is 1.53. The summed E-state index contributed by atoms with van der Waals surface area (Å²) in [5.74, 6) is 1.88. The third-order valence-electron chi connectivity index (χ3n) is 6.25. The van der Waals surface area contributed by atoms with E-state index >= 15 is 0 Å². The van der Waals surface area contributed by atoms with Crippen molar-refractivity contribution in [3.05, 3.63) is 92.7 Å². The minimum absolute atomic E-state index is 0.0554. The highest BCUT2D eigenvalue weighted by Crippen LogP contribution is 2.38. The summed E-state index contributed by atoms with van der Waals surface area (Å²) in [4.78, 5) is 33.6. The molecule has 0 aliphatic carbocycles. The topological polar surface area (TPSA) is 91.6 Å². The van der Waals surface area contributed by atoms with Crippen molar-refractivity contribution in [2.45, 2.75) is 13.5 Å². The van der Waals surface area contributed by atoms with Crippen LogP contribution in [-0.4, -0.2) is 38.4 Å². The van der Waals surface area contributed by atoms with E-state index in [4.69, 9.17) is 31.2 Å². The van der Waals surface area contributed by atoms with E-state index in [0.29, 0.717) is 33.0 Å². The molecule has 196 valence electrons. The molecule has 0 spiro atoms. The van der Waals surface area contributed by atoms with Gasteiger partial charge in [0, 0.05) is 6.20 Å². The number of rotatable bonds is 6. The van der Waals surface area contributed by atoms with Gasteiger partial charge in [-0.25, -0.2) is 0 Å². The van der Waals surface area contributed by atoms with Crippen LogP contribution in [0, 0.1) is 6.92 Å². The molecule has 0 unspecified atom stereocenters. The predicted molar refractivity (Wildman–Crippen MR) is 151 cm³/mol. The minimum atomic E-state index is -0.380. The average Bonchev–Trinajstić information content (AvgIpc) is 3.51. The van der Waals surface area contributed by atoms with Crippen molar-refractivity contribution in [2.24, 2.45) is 0 Å². The van der Waals surface area contributed by atoms with E-state index < -0.39 is 0 Å². The quantitative estimate of drug-likeness (QED) is 0.241. The molecule has 4 aromatic rings. The number of aryl methyl sites for hydroxylation is 1. The second-order valence-corrected chi connectivity index (χ2v) is 10.4. The summed E-state index contributed by atoms with van der Waals surface area (Å²) >= 11 is 6.65. The fourth-order valence-electron chi connectivity index (χ4n) is 4.29. The Hall–Kier alpha value is -4.35. The first-order chi connectivity index (χ1) is 18.9. The van der Waals surface area contributed by atoms with Gasteiger partial charge in [-0.3, -0.25) is 18.9 Å². The third kappa shape index (κ3) is 4.59. The third-order valence-corrected chi connectivity index (χ3v) is 7.63. The van der Waals surface area contributed by atoms with Crippen molar-refractivity contribution in [2.75, 3.05) is 13.9 Å². The van der Waals surface area contributed by atoms with Crippen LogP contribution in [0.25, 0.3) is 11.7 Å². The molecule has 2 aliphatic rings. The fraction of sp³-hybridized carbons (Fsp3) is 0.143. The van der Waals surface area contributed by atoms with E-state index in [1.165, 1.54) is 22.5 Å². The largest absolute Gasteiger partial charge is 0.493 e. The molecule has 6 rings (SSSR count). The Morgan fingerprint density at radius 1 is 1.08 bits per heavy atom. The molecule has 4 heterocycles. The number of para-hydroxylation sites is 2. The van der Waals surface area contributed by atoms with Gasteiger partial charge in [0.2, 0.25) is 12.7 Å². The van der Waals surface area contributed by atoms with E-state index in [1.807, 2.05) is 31.2 Å². The molecule has 2 aromatic carbocycles. The lowest BCUT2D eigenvalue weighted by molar-refractivity contribution is -0.122. The Morgan fingerprint density at radius 2 is 1.87 bits per heavy atom. The van der Waals surface area contributed by atoms with Crippen molar-refractivity contribution in [3.63, 3.8) is 0 Å². The van der Waals surface area contributed by atoms with Crippen molar-refractivity contribution in [1.82, 2.24) is 14.3 Å². The summed E-state index contributed by atoms with van der Waals surface area (Å²) in [5, 5.41) is 0. The van der Waals surface area contributed by atoms with Crippen LogP contribution < -0.4 is 24.5 Å². The number of hydrogen-bond donors (Lipinski definition) is 0. The Kier molecular flexibility index (Phi) is 6.45. The van der Waals surface area contributed by atoms with Gasteiger partial charge < -0.3 is 18.9 Å². The maximum atomic E-state index is 13.7. The zero-order chi connectivity index (χ0) is 27.1. The second kappa shape index (κ2) is 10.1. The molecule has 0 saturated carbocycles. The van der Waals surface area contributed by atoms with Crippen LogP contribution in [-0.2, 0) is 11.3 Å². The molecule has 2 aliphatic heterocycles. The lowest BCUT2D eigenvalue weighted by Gasteiger charge is -2.15. The smallest absolute Gasteiger partial charge is 0.269 e. The van der Waals surface area contributed by atoms with Gasteiger partial charge in [-0.15, -0.1) is 0 Å². The summed E-state index contributed by atoms with van der Waals surface area (Å²) in [5.41, 5.74) is 1.81. The maximum Gasteiger partial charge on any atom is 0.269 e. The van der Waals surface area contributed by atoms with E-state index in [1.54, 1.807) is 36.5 Å². The fourth-order valence-corrected chi connectivity index (χ4v) is 5.53. The molecule has 0 bridgehead atoms. The summed E-state index contributed by atoms with van der Waals surface area (Å²) in [6.45, 7) is 2.27. The summed E-state index contributed by atoms with van der Waals surface area (Å²) in [6, 6.07) is 16.2. The number of ether oxygens (including phenoxy) is 4. The van der Waals surface area contributed by atoms with Crippen LogP contribution in [0.2, 0.25) is 0 Å². The Bertz CT molecular complexity index is 1750. The first kappa shape index (κ1) is 25.0. The molecular weight excluding hydrogens is 538 g/mol. The number of carbonyl (C=O) groups excluding carboxylic acids is 1. The number of benzene rings is 2. The number of thioether (sulfide) groups is 1. The highest BCUT2D eigenvalue weighted by molar-refractivity contribution is 8.26. The molecule has 0 radical (unpaired) electrons. The summed E-state index contributed by atoms with van der Waals surface area (Å²) < 4.78 is 24.2. The van der Waals surface area contributed by atoms with E-state index in [2.05, 4.69) is 4.98 Å². The van der Waals surface area contributed by atoms with Gasteiger partial charge in [0.25, 0.3) is 11.5 Å². The lowest BCUT2D eigenvalue weighted by atomic mass is 10.2. The standard InChI is InChI=1S/C28H21N3O6S2/c1-16-6-5-11-30-24(16)29-25(37-21-8-4-3-7-19(21)34-2)18(26(30)32)13-23-27(33)31(28(38)39-23)14-17-9-10-20-22(12-17)36-15-35-20/h3-13H,14-15H2,1-2H3/b23-13+. The zero-order valence-corrected chi connectivity index (χ0v) is 22.5. The normalized spacial score (nSPS) is 15.4.